The van der Waals surface area contributed by atoms with Crippen molar-refractivity contribution in [3.05, 3.63) is 0 Å². The van der Waals surface area contributed by atoms with Crippen LogP contribution in [0.2, 0.25) is 0 Å². The summed E-state index contributed by atoms with van der Waals surface area (Å²) in [4.78, 5) is 11.5. The summed E-state index contributed by atoms with van der Waals surface area (Å²) in [6.07, 6.45) is 3.15. The Morgan fingerprint density at radius 1 is 1.75 bits per heavy atom. The highest BCUT2D eigenvalue weighted by atomic mass is 16.5. The van der Waals surface area contributed by atoms with Gasteiger partial charge >= 0.3 is 5.97 Å². The second-order valence-electron chi connectivity index (χ2n) is 3.79. The van der Waals surface area contributed by atoms with Gasteiger partial charge in [0.1, 0.15) is 5.54 Å². The molecule has 1 saturated heterocycles. The molecule has 12 heavy (non-hydrogen) atoms. The SMILES string of the molecule is CCOC(=O)C12CCC(CN1)C2. The van der Waals surface area contributed by atoms with Gasteiger partial charge in [-0.1, -0.05) is 0 Å². The van der Waals surface area contributed by atoms with Crippen molar-refractivity contribution in [3.63, 3.8) is 0 Å². The van der Waals surface area contributed by atoms with Crippen molar-refractivity contribution in [1.82, 2.24) is 5.32 Å². The van der Waals surface area contributed by atoms with E-state index in [1.165, 1.54) is 6.42 Å². The first-order valence-electron chi connectivity index (χ1n) is 4.69. The van der Waals surface area contributed by atoms with Crippen LogP contribution in [0.5, 0.6) is 0 Å². The molecule has 3 heteroatoms. The molecule has 1 aliphatic carbocycles. The third-order valence-electron chi connectivity index (χ3n) is 3.01. The second-order valence-corrected chi connectivity index (χ2v) is 3.79. The molecular formula is C9H15NO2. The van der Waals surface area contributed by atoms with Crippen LogP contribution < -0.4 is 5.32 Å². The average molecular weight is 169 g/mol. The van der Waals surface area contributed by atoms with Crippen molar-refractivity contribution in [2.45, 2.75) is 31.7 Å². The van der Waals surface area contributed by atoms with E-state index in [0.717, 1.165) is 25.3 Å². The number of rotatable bonds is 2. The molecule has 1 N–H and O–H groups in total. The van der Waals surface area contributed by atoms with Gasteiger partial charge in [-0.25, -0.2) is 0 Å². The molecule has 2 fully saturated rings. The molecular weight excluding hydrogens is 154 g/mol. The Morgan fingerprint density at radius 2 is 2.58 bits per heavy atom. The van der Waals surface area contributed by atoms with Crippen LogP contribution in [0.3, 0.4) is 0 Å². The molecule has 0 spiro atoms. The van der Waals surface area contributed by atoms with Gasteiger partial charge in [-0.15, -0.1) is 0 Å². The van der Waals surface area contributed by atoms with Crippen LogP contribution in [-0.4, -0.2) is 24.7 Å². The lowest BCUT2D eigenvalue weighted by Gasteiger charge is -2.24. The molecule has 1 saturated carbocycles. The van der Waals surface area contributed by atoms with Crippen LogP contribution >= 0.6 is 0 Å². The van der Waals surface area contributed by atoms with E-state index in [4.69, 9.17) is 4.74 Å². The van der Waals surface area contributed by atoms with Crippen molar-refractivity contribution < 1.29 is 9.53 Å². The quantitative estimate of drug-likeness (QED) is 0.618. The lowest BCUT2D eigenvalue weighted by Crippen LogP contribution is -2.48. The van der Waals surface area contributed by atoms with Crippen molar-refractivity contribution in [1.29, 1.82) is 0 Å². The standard InChI is InChI=1S/C9H15NO2/c1-2-12-8(11)9-4-3-7(5-9)6-10-9/h7,10H,2-6H2,1H3. The first-order chi connectivity index (χ1) is 5.77. The molecule has 1 heterocycles. The number of piperidine rings is 1. The van der Waals surface area contributed by atoms with Crippen LogP contribution in [0.4, 0.5) is 0 Å². The Kier molecular flexibility index (Phi) is 1.83. The molecule has 0 amide bonds. The molecule has 0 aromatic rings. The normalized spacial score (nSPS) is 38.6. The Hall–Kier alpha value is -0.570. The molecule has 0 aromatic carbocycles. The highest BCUT2D eigenvalue weighted by Crippen LogP contribution is 2.40. The van der Waals surface area contributed by atoms with Gasteiger partial charge in [-0.3, -0.25) is 4.79 Å². The smallest absolute Gasteiger partial charge is 0.326 e. The molecule has 0 radical (unpaired) electrons. The first-order valence-corrected chi connectivity index (χ1v) is 4.69. The largest absolute Gasteiger partial charge is 0.465 e. The van der Waals surface area contributed by atoms with Crippen LogP contribution in [0.15, 0.2) is 0 Å². The summed E-state index contributed by atoms with van der Waals surface area (Å²) in [5.74, 6) is 0.680. The van der Waals surface area contributed by atoms with Crippen molar-refractivity contribution in [2.24, 2.45) is 5.92 Å². The minimum Gasteiger partial charge on any atom is -0.465 e. The van der Waals surface area contributed by atoms with Gasteiger partial charge < -0.3 is 10.1 Å². The van der Waals surface area contributed by atoms with E-state index in [1.807, 2.05) is 6.92 Å². The first kappa shape index (κ1) is 8.05. The zero-order valence-corrected chi connectivity index (χ0v) is 7.43. The van der Waals surface area contributed by atoms with Gasteiger partial charge in [0.05, 0.1) is 6.61 Å². The van der Waals surface area contributed by atoms with Gasteiger partial charge in [0.2, 0.25) is 0 Å². The lowest BCUT2D eigenvalue weighted by molar-refractivity contribution is -0.150. The fourth-order valence-electron chi connectivity index (χ4n) is 2.35. The van der Waals surface area contributed by atoms with E-state index in [2.05, 4.69) is 5.32 Å². The molecule has 2 bridgehead atoms. The maximum absolute atomic E-state index is 11.5. The van der Waals surface area contributed by atoms with Gasteiger partial charge in [-0.2, -0.15) is 0 Å². The summed E-state index contributed by atoms with van der Waals surface area (Å²) in [7, 11) is 0. The Labute approximate surface area is 72.5 Å². The number of esters is 1. The summed E-state index contributed by atoms with van der Waals surface area (Å²) in [6.45, 7) is 3.35. The Balaban J connectivity index is 2.06. The topological polar surface area (TPSA) is 38.3 Å². The highest BCUT2D eigenvalue weighted by Gasteiger charge is 2.50. The van der Waals surface area contributed by atoms with Gasteiger partial charge in [0.25, 0.3) is 0 Å². The van der Waals surface area contributed by atoms with Crippen molar-refractivity contribution >= 4 is 5.97 Å². The van der Waals surface area contributed by atoms with Crippen LogP contribution in [-0.2, 0) is 9.53 Å². The third kappa shape index (κ3) is 1.04. The van der Waals surface area contributed by atoms with E-state index in [9.17, 15) is 4.79 Å². The minimum absolute atomic E-state index is 0.0370. The van der Waals surface area contributed by atoms with E-state index in [1.54, 1.807) is 0 Å². The lowest BCUT2D eigenvalue weighted by atomic mass is 10.00. The summed E-state index contributed by atoms with van der Waals surface area (Å²) >= 11 is 0. The molecule has 2 atom stereocenters. The molecule has 68 valence electrons. The van der Waals surface area contributed by atoms with Crippen LogP contribution in [0, 0.1) is 5.92 Å². The highest BCUT2D eigenvalue weighted by molar-refractivity contribution is 5.82. The van der Waals surface area contributed by atoms with Crippen LogP contribution in [0.1, 0.15) is 26.2 Å². The van der Waals surface area contributed by atoms with E-state index in [0.29, 0.717) is 6.61 Å². The summed E-state index contributed by atoms with van der Waals surface area (Å²) in [6, 6.07) is 0. The predicted molar refractivity (Wildman–Crippen MR) is 44.7 cm³/mol. The molecule has 2 unspecified atom stereocenters. The molecule has 2 aliphatic rings. The van der Waals surface area contributed by atoms with Gasteiger partial charge in [0, 0.05) is 0 Å². The average Bonchev–Trinajstić information content (AvgIpc) is 2.64. The number of carbonyl (C=O) groups is 1. The molecule has 0 aromatic heterocycles. The van der Waals surface area contributed by atoms with Crippen LogP contribution in [0.25, 0.3) is 0 Å². The predicted octanol–water partition coefficient (Wildman–Crippen LogP) is 0.692. The number of carbonyl (C=O) groups excluding carboxylic acids is 1. The maximum atomic E-state index is 11.5. The summed E-state index contributed by atoms with van der Waals surface area (Å²) < 4.78 is 5.05. The minimum atomic E-state index is -0.291. The number of fused-ring (bicyclic) bond motifs is 2. The fourth-order valence-corrected chi connectivity index (χ4v) is 2.35. The number of hydrogen-bond donors (Lipinski definition) is 1. The van der Waals surface area contributed by atoms with E-state index in [-0.39, 0.29) is 11.5 Å². The summed E-state index contributed by atoms with van der Waals surface area (Å²) in [5, 5.41) is 3.28. The Bertz CT molecular complexity index is 195. The molecule has 2 rings (SSSR count). The monoisotopic (exact) mass is 169 g/mol. The van der Waals surface area contributed by atoms with E-state index >= 15 is 0 Å². The molecule has 3 nitrogen and oxygen atoms in total. The van der Waals surface area contributed by atoms with Crippen molar-refractivity contribution in [2.75, 3.05) is 13.2 Å². The third-order valence-corrected chi connectivity index (χ3v) is 3.01. The number of ether oxygens (including phenoxy) is 1. The Morgan fingerprint density at radius 3 is 3.00 bits per heavy atom. The van der Waals surface area contributed by atoms with E-state index < -0.39 is 0 Å². The fraction of sp³-hybridized carbons (Fsp3) is 0.889. The van der Waals surface area contributed by atoms with Crippen molar-refractivity contribution in [3.8, 4) is 0 Å². The van der Waals surface area contributed by atoms with Gasteiger partial charge in [-0.05, 0) is 38.6 Å². The van der Waals surface area contributed by atoms with Gasteiger partial charge in [0.15, 0.2) is 0 Å². The maximum Gasteiger partial charge on any atom is 0.326 e. The summed E-state index contributed by atoms with van der Waals surface area (Å²) in [5.41, 5.74) is -0.291. The molecule has 1 aliphatic heterocycles. The zero-order valence-electron chi connectivity index (χ0n) is 7.43. The number of nitrogens with one attached hydrogen (secondary N) is 1. The number of hydrogen-bond acceptors (Lipinski definition) is 3. The zero-order chi connectivity index (χ0) is 8.60. The second kappa shape index (κ2) is 2.73.